The second-order valence-corrected chi connectivity index (χ2v) is 5.14. The molecule has 2 N–H and O–H groups in total. The molecule has 0 heterocycles. The molecule has 1 aromatic carbocycles. The summed E-state index contributed by atoms with van der Waals surface area (Å²) in [5, 5.41) is 6.35. The molecule has 128 valence electrons. The van der Waals surface area contributed by atoms with Gasteiger partial charge in [0, 0.05) is 27.2 Å². The minimum Gasteiger partial charge on any atom is -0.356 e. The lowest BCUT2D eigenvalue weighted by Crippen LogP contribution is -2.39. The van der Waals surface area contributed by atoms with Crippen LogP contribution >= 0.6 is 24.0 Å². The monoisotopic (exact) mass is 430 g/mol. The fourth-order valence-electron chi connectivity index (χ4n) is 1.78. The second-order valence-electron chi connectivity index (χ2n) is 5.14. The summed E-state index contributed by atoms with van der Waals surface area (Å²) < 4.78 is 0. The van der Waals surface area contributed by atoms with Crippen molar-refractivity contribution in [1.29, 1.82) is 0 Å². The summed E-state index contributed by atoms with van der Waals surface area (Å²) in [6.45, 7) is 5.22. The van der Waals surface area contributed by atoms with E-state index in [0.717, 1.165) is 19.4 Å². The summed E-state index contributed by atoms with van der Waals surface area (Å²) in [6, 6.07) is 10.4. The Morgan fingerprint density at radius 1 is 1.26 bits per heavy atom. The molecule has 0 aromatic heterocycles. The smallest absolute Gasteiger partial charge is 0.243 e. The molecule has 0 unspecified atom stereocenters. The van der Waals surface area contributed by atoms with E-state index in [-0.39, 0.29) is 36.4 Å². The van der Waals surface area contributed by atoms with Gasteiger partial charge in [-0.05, 0) is 18.4 Å². The Balaban J connectivity index is 0.00000484. The van der Waals surface area contributed by atoms with E-state index in [4.69, 9.17) is 0 Å². The SMILES string of the molecule is C=CCNC(=NCC(=O)N(C)C)NCCCc1ccccc1.I. The summed E-state index contributed by atoms with van der Waals surface area (Å²) in [4.78, 5) is 17.4. The lowest BCUT2D eigenvalue weighted by Gasteiger charge is -2.12. The van der Waals surface area contributed by atoms with Gasteiger partial charge in [-0.3, -0.25) is 4.79 Å². The number of carbonyl (C=O) groups excluding carboxylic acids is 1. The van der Waals surface area contributed by atoms with E-state index in [9.17, 15) is 4.79 Å². The van der Waals surface area contributed by atoms with Crippen molar-refractivity contribution in [3.63, 3.8) is 0 Å². The molecule has 0 saturated heterocycles. The molecule has 1 amide bonds. The fraction of sp³-hybridized carbons (Fsp3) is 0.412. The molecule has 0 bridgehead atoms. The summed E-state index contributed by atoms with van der Waals surface area (Å²) >= 11 is 0. The zero-order valence-corrected chi connectivity index (χ0v) is 16.2. The number of nitrogens with zero attached hydrogens (tertiary/aromatic N) is 2. The van der Waals surface area contributed by atoms with Gasteiger partial charge in [0.25, 0.3) is 0 Å². The zero-order chi connectivity index (χ0) is 16.2. The maximum Gasteiger partial charge on any atom is 0.243 e. The van der Waals surface area contributed by atoms with Crippen LogP contribution in [-0.2, 0) is 11.2 Å². The number of carbonyl (C=O) groups is 1. The molecule has 1 rings (SSSR count). The largest absolute Gasteiger partial charge is 0.356 e. The van der Waals surface area contributed by atoms with Gasteiger partial charge in [0.15, 0.2) is 5.96 Å². The van der Waals surface area contributed by atoms with Crippen molar-refractivity contribution in [3.8, 4) is 0 Å². The zero-order valence-electron chi connectivity index (χ0n) is 13.9. The maximum atomic E-state index is 11.6. The molecular weight excluding hydrogens is 403 g/mol. The average molecular weight is 430 g/mol. The Hall–Kier alpha value is -1.57. The van der Waals surface area contributed by atoms with Crippen LogP contribution in [0.25, 0.3) is 0 Å². The third-order valence-corrected chi connectivity index (χ3v) is 3.06. The standard InChI is InChI=1S/C17H26N4O.HI/c1-4-12-18-17(20-14-16(22)21(2)3)19-13-8-11-15-9-6-5-7-10-15;/h4-7,9-10H,1,8,11-14H2,2-3H3,(H2,18,19,20);1H. The molecule has 23 heavy (non-hydrogen) atoms. The number of aryl methyl sites for hydroxylation is 1. The predicted molar refractivity (Wildman–Crippen MR) is 107 cm³/mol. The van der Waals surface area contributed by atoms with Crippen LogP contribution in [-0.4, -0.2) is 50.5 Å². The van der Waals surface area contributed by atoms with Crippen LogP contribution in [0.1, 0.15) is 12.0 Å². The topological polar surface area (TPSA) is 56.7 Å². The van der Waals surface area contributed by atoms with Gasteiger partial charge in [0.2, 0.25) is 5.91 Å². The van der Waals surface area contributed by atoms with Gasteiger partial charge in [0.1, 0.15) is 6.54 Å². The second kappa shape index (κ2) is 12.9. The lowest BCUT2D eigenvalue weighted by molar-refractivity contribution is -0.127. The van der Waals surface area contributed by atoms with Gasteiger partial charge in [-0.2, -0.15) is 0 Å². The molecule has 0 saturated carbocycles. The minimum atomic E-state index is -0.0241. The van der Waals surface area contributed by atoms with Crippen molar-refractivity contribution in [3.05, 3.63) is 48.6 Å². The number of nitrogens with one attached hydrogen (secondary N) is 2. The summed E-state index contributed by atoms with van der Waals surface area (Å²) in [5.74, 6) is 0.618. The lowest BCUT2D eigenvalue weighted by atomic mass is 10.1. The number of likely N-dealkylation sites (N-methyl/N-ethyl adjacent to an activating group) is 1. The normalized spacial score (nSPS) is 10.4. The highest BCUT2D eigenvalue weighted by molar-refractivity contribution is 14.0. The molecule has 0 spiro atoms. The predicted octanol–water partition coefficient (Wildman–Crippen LogP) is 2.05. The molecule has 0 aliphatic heterocycles. The highest BCUT2D eigenvalue weighted by Crippen LogP contribution is 2.01. The highest BCUT2D eigenvalue weighted by Gasteiger charge is 2.03. The number of amides is 1. The minimum absolute atomic E-state index is 0. The van der Waals surface area contributed by atoms with Gasteiger partial charge in [-0.15, -0.1) is 30.6 Å². The number of guanidine groups is 1. The first-order valence-corrected chi connectivity index (χ1v) is 7.50. The van der Waals surface area contributed by atoms with Gasteiger partial charge < -0.3 is 15.5 Å². The van der Waals surface area contributed by atoms with Crippen LogP contribution < -0.4 is 10.6 Å². The molecule has 0 aliphatic rings. The van der Waals surface area contributed by atoms with Gasteiger partial charge >= 0.3 is 0 Å². The van der Waals surface area contributed by atoms with Gasteiger partial charge in [-0.25, -0.2) is 4.99 Å². The maximum absolute atomic E-state index is 11.6. The molecule has 1 aromatic rings. The van der Waals surface area contributed by atoms with E-state index in [1.165, 1.54) is 10.5 Å². The van der Waals surface area contributed by atoms with E-state index in [0.29, 0.717) is 12.5 Å². The van der Waals surface area contributed by atoms with Crippen LogP contribution in [0.15, 0.2) is 48.0 Å². The molecular formula is C17H27IN4O. The van der Waals surface area contributed by atoms with Crippen molar-refractivity contribution < 1.29 is 4.79 Å². The number of hydrogen-bond donors (Lipinski definition) is 2. The third kappa shape index (κ3) is 9.93. The Morgan fingerprint density at radius 3 is 2.57 bits per heavy atom. The number of rotatable bonds is 8. The van der Waals surface area contributed by atoms with Crippen LogP contribution in [0.3, 0.4) is 0 Å². The van der Waals surface area contributed by atoms with Crippen LogP contribution in [0.2, 0.25) is 0 Å². The first-order chi connectivity index (χ1) is 10.6. The van der Waals surface area contributed by atoms with Crippen molar-refractivity contribution in [1.82, 2.24) is 15.5 Å². The number of benzene rings is 1. The Kier molecular flexibility index (Phi) is 12.0. The Labute approximate surface area is 156 Å². The van der Waals surface area contributed by atoms with Gasteiger partial charge in [0.05, 0.1) is 0 Å². The molecule has 0 radical (unpaired) electrons. The number of hydrogen-bond acceptors (Lipinski definition) is 2. The van der Waals surface area contributed by atoms with Crippen LogP contribution in [0.5, 0.6) is 0 Å². The highest BCUT2D eigenvalue weighted by atomic mass is 127. The van der Waals surface area contributed by atoms with E-state index >= 15 is 0 Å². The summed E-state index contributed by atoms with van der Waals surface area (Å²) in [5.41, 5.74) is 1.32. The van der Waals surface area contributed by atoms with E-state index in [1.54, 1.807) is 20.2 Å². The van der Waals surface area contributed by atoms with Crippen molar-refractivity contribution in [2.24, 2.45) is 4.99 Å². The van der Waals surface area contributed by atoms with Crippen LogP contribution in [0, 0.1) is 0 Å². The molecule has 0 fully saturated rings. The molecule has 0 aliphatic carbocycles. The van der Waals surface area contributed by atoms with Crippen molar-refractivity contribution >= 4 is 35.8 Å². The average Bonchev–Trinajstić information content (AvgIpc) is 2.53. The summed E-state index contributed by atoms with van der Waals surface area (Å²) in [7, 11) is 3.45. The van der Waals surface area contributed by atoms with Crippen LogP contribution in [0.4, 0.5) is 0 Å². The summed E-state index contributed by atoms with van der Waals surface area (Å²) in [6.07, 6.45) is 3.77. The molecule has 5 nitrogen and oxygen atoms in total. The Bertz CT molecular complexity index is 489. The molecule has 0 atom stereocenters. The van der Waals surface area contributed by atoms with E-state index < -0.39 is 0 Å². The third-order valence-electron chi connectivity index (χ3n) is 3.06. The Morgan fingerprint density at radius 2 is 1.96 bits per heavy atom. The van der Waals surface area contributed by atoms with E-state index in [2.05, 4.69) is 34.3 Å². The first-order valence-electron chi connectivity index (χ1n) is 7.50. The fourth-order valence-corrected chi connectivity index (χ4v) is 1.78. The van der Waals surface area contributed by atoms with Gasteiger partial charge in [-0.1, -0.05) is 36.4 Å². The van der Waals surface area contributed by atoms with Crippen molar-refractivity contribution in [2.45, 2.75) is 12.8 Å². The number of aliphatic imine (C=N–C) groups is 1. The first kappa shape index (κ1) is 21.4. The number of halogens is 1. The quantitative estimate of drug-likeness (QED) is 0.218. The van der Waals surface area contributed by atoms with E-state index in [1.807, 2.05) is 18.2 Å². The molecule has 6 heteroatoms. The van der Waals surface area contributed by atoms with Crippen molar-refractivity contribution in [2.75, 3.05) is 33.7 Å².